The SMILES string of the molecule is CC1c2ncnn2CC1(O)c1ccc(Oc2ccc(Cl)cc2)cc1C(F)(F)F. The number of aromatic nitrogens is 3. The fourth-order valence-corrected chi connectivity index (χ4v) is 3.59. The van der Waals surface area contributed by atoms with E-state index >= 15 is 0 Å². The van der Waals surface area contributed by atoms with Crippen LogP contribution in [0.4, 0.5) is 13.2 Å². The predicted octanol–water partition coefficient (Wildman–Crippen LogP) is 4.75. The molecule has 0 saturated heterocycles. The molecule has 0 bridgehead atoms. The van der Waals surface area contributed by atoms with Crippen molar-refractivity contribution in [3.8, 4) is 11.5 Å². The zero-order valence-corrected chi connectivity index (χ0v) is 15.4. The molecule has 0 aliphatic carbocycles. The van der Waals surface area contributed by atoms with Crippen LogP contribution in [-0.2, 0) is 18.3 Å². The van der Waals surface area contributed by atoms with Gasteiger partial charge in [0, 0.05) is 5.02 Å². The van der Waals surface area contributed by atoms with Gasteiger partial charge in [-0.1, -0.05) is 24.6 Å². The molecule has 9 heteroatoms. The number of nitrogens with zero attached hydrogens (tertiary/aromatic N) is 3. The molecule has 0 saturated carbocycles. The second-order valence-corrected chi connectivity index (χ2v) is 7.12. The maximum absolute atomic E-state index is 13.8. The normalized spacial score (nSPS) is 21.6. The quantitative estimate of drug-likeness (QED) is 0.678. The Morgan fingerprint density at radius 1 is 1.18 bits per heavy atom. The molecule has 1 aliphatic heterocycles. The molecule has 1 aromatic heterocycles. The molecule has 28 heavy (non-hydrogen) atoms. The van der Waals surface area contributed by atoms with Crippen molar-refractivity contribution in [1.29, 1.82) is 0 Å². The Kier molecular flexibility index (Phi) is 4.35. The van der Waals surface area contributed by atoms with Crippen molar-refractivity contribution in [2.24, 2.45) is 0 Å². The van der Waals surface area contributed by atoms with Crippen molar-refractivity contribution in [1.82, 2.24) is 14.8 Å². The van der Waals surface area contributed by atoms with Crippen LogP contribution >= 0.6 is 11.6 Å². The van der Waals surface area contributed by atoms with Crippen LogP contribution in [0.25, 0.3) is 0 Å². The third kappa shape index (κ3) is 3.12. The highest BCUT2D eigenvalue weighted by Gasteiger charge is 2.50. The van der Waals surface area contributed by atoms with Gasteiger partial charge in [-0.25, -0.2) is 9.67 Å². The van der Waals surface area contributed by atoms with E-state index in [9.17, 15) is 18.3 Å². The third-order valence-corrected chi connectivity index (χ3v) is 5.20. The molecule has 0 fully saturated rings. The van der Waals surface area contributed by atoms with Crippen molar-refractivity contribution < 1.29 is 23.0 Å². The second-order valence-electron chi connectivity index (χ2n) is 6.68. The molecule has 0 radical (unpaired) electrons. The summed E-state index contributed by atoms with van der Waals surface area (Å²) in [7, 11) is 0. The van der Waals surface area contributed by atoms with E-state index in [2.05, 4.69) is 10.1 Å². The number of fused-ring (bicyclic) bond motifs is 1. The van der Waals surface area contributed by atoms with Gasteiger partial charge in [-0.2, -0.15) is 18.3 Å². The summed E-state index contributed by atoms with van der Waals surface area (Å²) in [5.41, 5.74) is -2.97. The lowest BCUT2D eigenvalue weighted by molar-refractivity contribution is -0.141. The van der Waals surface area contributed by atoms with Gasteiger partial charge < -0.3 is 9.84 Å². The first kappa shape index (κ1) is 18.8. The molecular weight excluding hydrogens is 395 g/mol. The minimum atomic E-state index is -4.68. The fraction of sp³-hybridized carbons (Fsp3) is 0.263. The van der Waals surface area contributed by atoms with Crippen LogP contribution in [0.3, 0.4) is 0 Å². The lowest BCUT2D eigenvalue weighted by Gasteiger charge is -2.30. The van der Waals surface area contributed by atoms with E-state index in [1.54, 1.807) is 31.2 Å². The van der Waals surface area contributed by atoms with E-state index in [0.717, 1.165) is 6.07 Å². The number of ether oxygens (including phenoxy) is 1. The first-order valence-electron chi connectivity index (χ1n) is 8.44. The van der Waals surface area contributed by atoms with Crippen molar-refractivity contribution in [2.75, 3.05) is 0 Å². The highest BCUT2D eigenvalue weighted by Crippen LogP contribution is 2.47. The fourth-order valence-electron chi connectivity index (χ4n) is 3.47. The van der Waals surface area contributed by atoms with Gasteiger partial charge in [0.1, 0.15) is 29.3 Å². The molecule has 3 aromatic rings. The van der Waals surface area contributed by atoms with Crippen LogP contribution in [0, 0.1) is 0 Å². The molecule has 2 atom stereocenters. The Morgan fingerprint density at radius 3 is 2.50 bits per heavy atom. The molecule has 2 heterocycles. The summed E-state index contributed by atoms with van der Waals surface area (Å²) in [4.78, 5) is 4.05. The molecule has 4 rings (SSSR count). The van der Waals surface area contributed by atoms with Crippen LogP contribution < -0.4 is 4.74 Å². The van der Waals surface area contributed by atoms with Gasteiger partial charge in [0.15, 0.2) is 0 Å². The zero-order chi connectivity index (χ0) is 20.1. The average molecular weight is 410 g/mol. The Morgan fingerprint density at radius 2 is 1.86 bits per heavy atom. The molecular formula is C19H15ClF3N3O2. The van der Waals surface area contributed by atoms with E-state index < -0.39 is 23.3 Å². The van der Waals surface area contributed by atoms with Gasteiger partial charge in [-0.3, -0.25) is 0 Å². The van der Waals surface area contributed by atoms with Crippen LogP contribution in [0.1, 0.15) is 29.8 Å². The van der Waals surface area contributed by atoms with Gasteiger partial charge in [0.25, 0.3) is 0 Å². The van der Waals surface area contributed by atoms with Crippen LogP contribution in [-0.4, -0.2) is 19.9 Å². The minimum Gasteiger partial charge on any atom is -0.457 e. The maximum Gasteiger partial charge on any atom is 0.416 e. The molecule has 0 spiro atoms. The van der Waals surface area contributed by atoms with Gasteiger partial charge >= 0.3 is 6.18 Å². The number of rotatable bonds is 3. The topological polar surface area (TPSA) is 60.2 Å². The standard InChI is InChI=1S/C19H15ClF3N3O2/c1-11-17-24-10-25-26(17)9-18(11,27)15-7-6-14(8-16(15)19(21,22)23)28-13-4-2-12(20)3-5-13/h2-8,10-11,27H,9H2,1H3. The molecule has 1 N–H and O–H groups in total. The summed E-state index contributed by atoms with van der Waals surface area (Å²) in [5.74, 6) is 0.141. The Labute approximate surface area is 163 Å². The lowest BCUT2D eigenvalue weighted by atomic mass is 9.81. The molecule has 2 aromatic carbocycles. The summed E-state index contributed by atoms with van der Waals surface area (Å²) in [5, 5.41) is 15.6. The van der Waals surface area contributed by atoms with Crippen LogP contribution in [0.5, 0.6) is 11.5 Å². The monoisotopic (exact) mass is 409 g/mol. The first-order chi connectivity index (χ1) is 13.2. The Bertz CT molecular complexity index is 1020. The van der Waals surface area contributed by atoms with Crippen molar-refractivity contribution in [2.45, 2.75) is 31.2 Å². The van der Waals surface area contributed by atoms with E-state index in [0.29, 0.717) is 16.6 Å². The molecule has 5 nitrogen and oxygen atoms in total. The summed E-state index contributed by atoms with van der Waals surface area (Å²) in [6.07, 6.45) is -3.36. The highest BCUT2D eigenvalue weighted by atomic mass is 35.5. The predicted molar refractivity (Wildman–Crippen MR) is 95.3 cm³/mol. The summed E-state index contributed by atoms with van der Waals surface area (Å²) in [6, 6.07) is 9.81. The van der Waals surface area contributed by atoms with Crippen LogP contribution in [0.2, 0.25) is 5.02 Å². The molecule has 1 aliphatic rings. The highest BCUT2D eigenvalue weighted by molar-refractivity contribution is 6.30. The second kappa shape index (κ2) is 6.49. The smallest absolute Gasteiger partial charge is 0.416 e. The minimum absolute atomic E-state index is 0.00325. The van der Waals surface area contributed by atoms with E-state index in [1.807, 2.05) is 0 Å². The lowest BCUT2D eigenvalue weighted by Crippen LogP contribution is -2.33. The maximum atomic E-state index is 13.8. The zero-order valence-electron chi connectivity index (χ0n) is 14.6. The molecule has 0 amide bonds. The number of hydrogen-bond donors (Lipinski definition) is 1. The Hall–Kier alpha value is -2.58. The number of alkyl halides is 3. The van der Waals surface area contributed by atoms with E-state index in [4.69, 9.17) is 16.3 Å². The summed E-state index contributed by atoms with van der Waals surface area (Å²) >= 11 is 5.81. The molecule has 146 valence electrons. The van der Waals surface area contributed by atoms with Crippen molar-refractivity contribution >= 4 is 11.6 Å². The number of halogens is 4. The van der Waals surface area contributed by atoms with Crippen LogP contribution in [0.15, 0.2) is 48.8 Å². The van der Waals surface area contributed by atoms with Crippen molar-refractivity contribution in [3.63, 3.8) is 0 Å². The molecule has 2 unspecified atom stereocenters. The summed E-state index contributed by atoms with van der Waals surface area (Å²) < 4.78 is 48.4. The summed E-state index contributed by atoms with van der Waals surface area (Å²) in [6.45, 7) is 1.52. The number of hydrogen-bond acceptors (Lipinski definition) is 4. The largest absolute Gasteiger partial charge is 0.457 e. The van der Waals surface area contributed by atoms with E-state index in [-0.39, 0.29) is 17.9 Å². The van der Waals surface area contributed by atoms with Gasteiger partial charge in [0.2, 0.25) is 0 Å². The van der Waals surface area contributed by atoms with Gasteiger partial charge in [0.05, 0.1) is 18.0 Å². The first-order valence-corrected chi connectivity index (χ1v) is 8.81. The number of benzene rings is 2. The van der Waals surface area contributed by atoms with E-state index in [1.165, 1.54) is 23.1 Å². The average Bonchev–Trinajstić information content (AvgIpc) is 3.18. The van der Waals surface area contributed by atoms with Gasteiger partial charge in [-0.05, 0) is 42.0 Å². The third-order valence-electron chi connectivity index (χ3n) is 4.95. The Balaban J connectivity index is 1.74. The van der Waals surface area contributed by atoms with Crippen molar-refractivity contribution in [3.05, 3.63) is 70.8 Å². The van der Waals surface area contributed by atoms with Gasteiger partial charge in [-0.15, -0.1) is 0 Å². The number of aliphatic hydroxyl groups is 1.